The Bertz CT molecular complexity index is 925. The third-order valence-corrected chi connectivity index (χ3v) is 4.52. The summed E-state index contributed by atoms with van der Waals surface area (Å²) < 4.78 is 67.0. The van der Waals surface area contributed by atoms with Crippen molar-refractivity contribution in [3.8, 4) is 17.6 Å². The van der Waals surface area contributed by atoms with Crippen molar-refractivity contribution in [2.75, 3.05) is 0 Å². The summed E-state index contributed by atoms with van der Waals surface area (Å²) in [7, 11) is 0.614. The van der Waals surface area contributed by atoms with Crippen LogP contribution in [-0.4, -0.2) is 22.0 Å². The van der Waals surface area contributed by atoms with E-state index in [1.165, 1.54) is 12.1 Å². The lowest BCUT2D eigenvalue weighted by molar-refractivity contribution is 0.234. The van der Waals surface area contributed by atoms with Crippen molar-refractivity contribution < 1.29 is 26.3 Å². The van der Waals surface area contributed by atoms with Gasteiger partial charge in [0.05, 0.1) is 10.5 Å². The van der Waals surface area contributed by atoms with Crippen LogP contribution in [0.1, 0.15) is 5.56 Å². The molecule has 0 amide bonds. The second-order valence-corrected chi connectivity index (χ2v) is 6.80. The first kappa shape index (κ1) is 18.2. The molecule has 0 unspecified atom stereocenters. The number of hydrogen-bond acceptors (Lipinski definition) is 4. The van der Waals surface area contributed by atoms with Crippen LogP contribution < -0.4 is 10.2 Å². The maximum absolute atomic E-state index is 13.3. The van der Waals surface area contributed by atoms with E-state index in [1.54, 1.807) is 0 Å². The van der Waals surface area contributed by atoms with Gasteiger partial charge in [0.2, 0.25) is 9.84 Å². The van der Waals surface area contributed by atoms with Crippen LogP contribution in [0.5, 0.6) is 11.5 Å². The highest BCUT2D eigenvalue weighted by Gasteiger charge is 2.30. The van der Waals surface area contributed by atoms with E-state index in [0.29, 0.717) is 0 Å². The highest BCUT2D eigenvalue weighted by atomic mass is 35.5. The molecule has 2 aromatic rings. The highest BCUT2D eigenvalue weighted by Crippen LogP contribution is 2.28. The molecule has 2 radical (unpaired) electrons. The number of ether oxygens (including phenoxy) is 1. The van der Waals surface area contributed by atoms with Crippen molar-refractivity contribution >= 4 is 34.7 Å². The molecule has 10 heteroatoms. The van der Waals surface area contributed by atoms with Gasteiger partial charge in [0.15, 0.2) is 0 Å². The Kier molecular flexibility index (Phi) is 5.11. The van der Waals surface area contributed by atoms with Gasteiger partial charge in [0, 0.05) is 11.1 Å². The first-order valence-electron chi connectivity index (χ1n) is 6.15. The van der Waals surface area contributed by atoms with Gasteiger partial charge in [0.25, 0.3) is 0 Å². The normalized spacial score (nSPS) is 11.3. The maximum atomic E-state index is 13.3. The molecule has 24 heavy (non-hydrogen) atoms. The van der Waals surface area contributed by atoms with Crippen LogP contribution in [0, 0.1) is 17.1 Å². The molecular formula is C14H6BClF3NO3S. The van der Waals surface area contributed by atoms with Gasteiger partial charge >= 0.3 is 5.76 Å². The highest BCUT2D eigenvalue weighted by molar-refractivity contribution is 7.91. The van der Waals surface area contributed by atoms with Crippen molar-refractivity contribution in [3.05, 3.63) is 46.7 Å². The van der Waals surface area contributed by atoms with E-state index >= 15 is 0 Å². The molecule has 0 fully saturated rings. The van der Waals surface area contributed by atoms with Crippen molar-refractivity contribution in [1.82, 2.24) is 0 Å². The number of halogens is 4. The fraction of sp³-hybridized carbons (Fsp3) is 0.0714. The zero-order valence-electron chi connectivity index (χ0n) is 11.6. The third kappa shape index (κ3) is 3.50. The lowest BCUT2D eigenvalue weighted by atomic mass is 9.90. The van der Waals surface area contributed by atoms with E-state index in [0.717, 1.165) is 24.3 Å². The van der Waals surface area contributed by atoms with Gasteiger partial charge in [-0.3, -0.25) is 0 Å². The van der Waals surface area contributed by atoms with E-state index in [9.17, 15) is 21.6 Å². The molecule has 4 nitrogen and oxygen atoms in total. The van der Waals surface area contributed by atoms with Crippen molar-refractivity contribution in [3.63, 3.8) is 0 Å². The van der Waals surface area contributed by atoms with Gasteiger partial charge in [-0.1, -0.05) is 11.6 Å². The van der Waals surface area contributed by atoms with Crippen molar-refractivity contribution in [2.24, 2.45) is 0 Å². The van der Waals surface area contributed by atoms with E-state index in [-0.39, 0.29) is 16.5 Å². The zero-order valence-corrected chi connectivity index (χ0v) is 13.2. The summed E-state index contributed by atoms with van der Waals surface area (Å²) in [5, 5.41) is 9.08. The zero-order chi connectivity index (χ0) is 18.1. The van der Waals surface area contributed by atoms with E-state index in [2.05, 4.69) is 0 Å². The van der Waals surface area contributed by atoms with Crippen LogP contribution in [0.3, 0.4) is 0 Å². The second kappa shape index (κ2) is 6.75. The first-order valence-corrected chi connectivity index (χ1v) is 8.08. The molecule has 122 valence electrons. The summed E-state index contributed by atoms with van der Waals surface area (Å²) in [6, 6.07) is 6.46. The Balaban J connectivity index is 2.54. The Morgan fingerprint density at radius 2 is 1.92 bits per heavy atom. The molecular weight excluding hydrogens is 365 g/mol. The maximum Gasteiger partial charge on any atom is 0.341 e. The number of sulfone groups is 1. The number of hydrogen-bond donors (Lipinski definition) is 0. The summed E-state index contributed by atoms with van der Waals surface area (Å²) >= 11 is 5.67. The predicted octanol–water partition coefficient (Wildman–Crippen LogP) is 2.93. The van der Waals surface area contributed by atoms with Crippen LogP contribution in [-0.2, 0) is 9.84 Å². The number of nitrogens with zero attached hydrogens (tertiary/aromatic N) is 1. The molecule has 0 saturated heterocycles. The van der Waals surface area contributed by atoms with Gasteiger partial charge in [-0.2, -0.15) is 14.0 Å². The number of alkyl halides is 2. The molecule has 2 rings (SSSR count). The Hall–Kier alpha value is -2.18. The van der Waals surface area contributed by atoms with Gasteiger partial charge in [0.1, 0.15) is 31.2 Å². The SMILES string of the molecule is [B]c1c(Oc2cc(F)cc(Cl)c2)ccc(S(=O)(=O)C(F)F)c1C#N. The third-order valence-electron chi connectivity index (χ3n) is 2.88. The molecule has 0 saturated carbocycles. The Labute approximate surface area is 141 Å². The molecule has 0 aliphatic heterocycles. The summed E-state index contributed by atoms with van der Waals surface area (Å²) in [5.41, 5.74) is -1.16. The van der Waals surface area contributed by atoms with E-state index < -0.39 is 37.3 Å². The summed E-state index contributed by atoms with van der Waals surface area (Å²) in [6.07, 6.45) is 0. The monoisotopic (exact) mass is 371 g/mol. The number of benzene rings is 2. The fourth-order valence-corrected chi connectivity index (χ4v) is 2.93. The molecule has 2 aromatic carbocycles. The number of rotatable bonds is 4. The Morgan fingerprint density at radius 3 is 2.46 bits per heavy atom. The first-order chi connectivity index (χ1) is 11.2. The lowest BCUT2D eigenvalue weighted by Gasteiger charge is -2.13. The van der Waals surface area contributed by atoms with E-state index in [1.807, 2.05) is 0 Å². The van der Waals surface area contributed by atoms with Crippen LogP contribution in [0.4, 0.5) is 13.2 Å². The van der Waals surface area contributed by atoms with Gasteiger partial charge in [-0.15, -0.1) is 0 Å². The standard InChI is InChI=1S/C14H6BClF3NO3S/c15-13-10(6-20)12(24(21,22)14(18)19)2-1-11(13)23-9-4-7(16)3-8(17)5-9/h1-5,14H. The van der Waals surface area contributed by atoms with Gasteiger partial charge in [-0.05, 0) is 29.7 Å². The topological polar surface area (TPSA) is 67.2 Å². The predicted molar refractivity (Wildman–Crippen MR) is 81.2 cm³/mol. The summed E-state index contributed by atoms with van der Waals surface area (Å²) in [6.45, 7) is 0. The van der Waals surface area contributed by atoms with Crippen LogP contribution in [0.15, 0.2) is 35.2 Å². The van der Waals surface area contributed by atoms with Gasteiger partial charge < -0.3 is 4.74 Å². The summed E-state index contributed by atoms with van der Waals surface area (Å²) in [5.74, 6) is -4.69. The molecule has 0 heterocycles. The minimum absolute atomic E-state index is 0.0287. The number of nitriles is 1. The van der Waals surface area contributed by atoms with Crippen molar-refractivity contribution in [2.45, 2.75) is 10.7 Å². The van der Waals surface area contributed by atoms with E-state index in [4.69, 9.17) is 29.4 Å². The average Bonchev–Trinajstić information content (AvgIpc) is 2.47. The molecule has 0 spiro atoms. The minimum Gasteiger partial charge on any atom is -0.458 e. The smallest absolute Gasteiger partial charge is 0.341 e. The van der Waals surface area contributed by atoms with Crippen LogP contribution >= 0.6 is 11.6 Å². The Morgan fingerprint density at radius 1 is 1.25 bits per heavy atom. The summed E-state index contributed by atoms with van der Waals surface area (Å²) in [4.78, 5) is -0.915. The molecule has 0 N–H and O–H groups in total. The molecule has 0 aromatic heterocycles. The second-order valence-electron chi connectivity index (χ2n) is 4.48. The molecule has 0 atom stereocenters. The van der Waals surface area contributed by atoms with Crippen LogP contribution in [0.2, 0.25) is 5.02 Å². The average molecular weight is 372 g/mol. The molecule has 0 aliphatic rings. The van der Waals surface area contributed by atoms with Crippen LogP contribution in [0.25, 0.3) is 0 Å². The lowest BCUT2D eigenvalue weighted by Crippen LogP contribution is -2.20. The quantitative estimate of drug-likeness (QED) is 0.775. The fourth-order valence-electron chi connectivity index (χ4n) is 1.83. The minimum atomic E-state index is -5.02. The van der Waals surface area contributed by atoms with Gasteiger partial charge in [-0.25, -0.2) is 12.8 Å². The molecule has 0 bridgehead atoms. The largest absolute Gasteiger partial charge is 0.458 e. The van der Waals surface area contributed by atoms with Crippen molar-refractivity contribution in [1.29, 1.82) is 5.26 Å². The molecule has 0 aliphatic carbocycles.